The van der Waals surface area contributed by atoms with Crippen molar-refractivity contribution in [1.29, 1.82) is 0 Å². The van der Waals surface area contributed by atoms with Gasteiger partial charge in [0.1, 0.15) is 0 Å². The Morgan fingerprint density at radius 2 is 1.15 bits per heavy atom. The average molecular weight is 651 g/mol. The van der Waals surface area contributed by atoms with Gasteiger partial charge in [0.2, 0.25) is 0 Å². The fourth-order valence-corrected chi connectivity index (χ4v) is 3.16. The van der Waals surface area contributed by atoms with E-state index < -0.39 is 0 Å². The molecule has 0 bridgehead atoms. The standard InChI is InChI=1S/C14H17N2.2C9H13N2.La/c1-12-8-9-13(2)16(12)11-10-15-14-6-4-3-5-7-14;2*1-9(2,3)11-7-8-5-4-6-10-8;/h3-9H,10-11H2,1-2H3;2*4-7H,1-3H3;/q3*-1;+3. The molecule has 0 saturated heterocycles. The molecular weight excluding hydrogens is 607 g/mol. The van der Waals surface area contributed by atoms with Crippen LogP contribution in [0.15, 0.2) is 89.1 Å². The van der Waals surface area contributed by atoms with Gasteiger partial charge in [0.05, 0.1) is 11.1 Å². The van der Waals surface area contributed by atoms with E-state index in [1.54, 1.807) is 24.8 Å². The van der Waals surface area contributed by atoms with Crippen LogP contribution in [0.2, 0.25) is 0 Å². The molecule has 7 heteroatoms. The van der Waals surface area contributed by atoms with Crippen LogP contribution in [0.1, 0.15) is 64.3 Å². The van der Waals surface area contributed by atoms with Crippen LogP contribution in [-0.2, 0) is 6.54 Å². The Hall–Kier alpha value is -2.61. The minimum atomic E-state index is -0.00104. The number of benzene rings is 1. The van der Waals surface area contributed by atoms with Crippen LogP contribution >= 0.6 is 0 Å². The van der Waals surface area contributed by atoms with Crippen LogP contribution in [0.25, 0.3) is 5.32 Å². The molecule has 0 radical (unpaired) electrons. The number of para-hydroxylation sites is 1. The molecule has 0 fully saturated rings. The van der Waals surface area contributed by atoms with Crippen molar-refractivity contribution in [3.8, 4) is 0 Å². The molecule has 1 aromatic carbocycles. The minimum absolute atomic E-state index is 0. The van der Waals surface area contributed by atoms with Crippen molar-refractivity contribution in [2.75, 3.05) is 6.54 Å². The van der Waals surface area contributed by atoms with E-state index in [1.165, 1.54) is 11.4 Å². The first kappa shape index (κ1) is 34.4. The third kappa shape index (κ3) is 15.5. The second-order valence-electron chi connectivity index (χ2n) is 11.0. The van der Waals surface area contributed by atoms with E-state index in [4.69, 9.17) is 0 Å². The second kappa shape index (κ2) is 17.2. The van der Waals surface area contributed by atoms with Gasteiger partial charge in [-0.2, -0.15) is 12.4 Å². The Labute approximate surface area is 263 Å². The molecule has 0 aliphatic carbocycles. The quantitative estimate of drug-likeness (QED) is 0.203. The summed E-state index contributed by atoms with van der Waals surface area (Å²) in [6.45, 7) is 18.4. The summed E-state index contributed by atoms with van der Waals surface area (Å²) in [5.74, 6) is 0. The van der Waals surface area contributed by atoms with Crippen LogP contribution < -0.4 is 9.97 Å². The molecule has 0 aliphatic rings. The smallest absolute Gasteiger partial charge is 0.683 e. The van der Waals surface area contributed by atoms with Gasteiger partial charge in [-0.05, 0) is 67.5 Å². The van der Waals surface area contributed by atoms with Gasteiger partial charge >= 0.3 is 35.6 Å². The van der Waals surface area contributed by atoms with Gasteiger partial charge < -0.3 is 19.9 Å². The SMILES string of the molecule is CC(C)(C)N=Cc1ccc[n-]1.CC(C)(C)N=Cc1ccc[n-]1.Cc1ccc(C)n1CC[N-]c1ccccc1.[La+3]. The van der Waals surface area contributed by atoms with Crippen molar-refractivity contribution < 1.29 is 35.6 Å². The maximum atomic E-state index is 4.54. The Balaban J connectivity index is 0.000000297. The van der Waals surface area contributed by atoms with Gasteiger partial charge in [0.15, 0.2) is 0 Å². The molecule has 4 rings (SSSR count). The van der Waals surface area contributed by atoms with E-state index in [0.29, 0.717) is 0 Å². The molecule has 3 aromatic heterocycles. The third-order valence-corrected chi connectivity index (χ3v) is 5.11. The van der Waals surface area contributed by atoms with Crippen molar-refractivity contribution >= 4 is 18.1 Å². The number of aryl methyl sites for hydroxylation is 2. The van der Waals surface area contributed by atoms with E-state index in [-0.39, 0.29) is 46.7 Å². The number of hydrogen-bond donors (Lipinski definition) is 0. The van der Waals surface area contributed by atoms with Gasteiger partial charge in [-0.3, -0.25) is 9.98 Å². The molecule has 0 atom stereocenters. The zero-order valence-corrected chi connectivity index (χ0v) is 28.5. The Kier molecular flexibility index (Phi) is 15.1. The molecule has 6 nitrogen and oxygen atoms in total. The van der Waals surface area contributed by atoms with Crippen LogP contribution in [0, 0.1) is 49.4 Å². The van der Waals surface area contributed by atoms with E-state index in [0.717, 1.165) is 30.2 Å². The predicted octanol–water partition coefficient (Wildman–Crippen LogP) is 7.53. The number of aliphatic imine (C=N–C) groups is 2. The van der Waals surface area contributed by atoms with Crippen LogP contribution in [0.5, 0.6) is 0 Å². The monoisotopic (exact) mass is 650 g/mol. The van der Waals surface area contributed by atoms with Crippen molar-refractivity contribution in [3.05, 3.63) is 107 Å². The fourth-order valence-electron chi connectivity index (χ4n) is 3.16. The third-order valence-electron chi connectivity index (χ3n) is 5.11. The predicted molar refractivity (Wildman–Crippen MR) is 162 cm³/mol. The van der Waals surface area contributed by atoms with Gasteiger partial charge in [0, 0.05) is 30.4 Å². The summed E-state index contributed by atoms with van der Waals surface area (Å²) < 4.78 is 2.30. The number of nitrogens with zero attached hydrogens (tertiary/aromatic N) is 6. The van der Waals surface area contributed by atoms with Gasteiger partial charge in [-0.25, -0.2) is 0 Å². The topological polar surface area (TPSA) is 72.0 Å². The molecule has 3 heterocycles. The van der Waals surface area contributed by atoms with Gasteiger partial charge in [-0.15, -0.1) is 23.6 Å². The zero-order chi connectivity index (χ0) is 28.0. The molecule has 0 spiro atoms. The maximum Gasteiger partial charge on any atom is 3.00 e. The van der Waals surface area contributed by atoms with Gasteiger partial charge in [-0.1, -0.05) is 54.6 Å². The average Bonchev–Trinajstić information content (AvgIpc) is 3.62. The first-order valence-corrected chi connectivity index (χ1v) is 13.0. The second-order valence-corrected chi connectivity index (χ2v) is 11.0. The van der Waals surface area contributed by atoms with E-state index in [1.807, 2.05) is 54.6 Å². The fraction of sp³-hybridized carbons (Fsp3) is 0.375. The summed E-state index contributed by atoms with van der Waals surface area (Å²) in [5, 5.41) is 4.54. The maximum absolute atomic E-state index is 4.54. The summed E-state index contributed by atoms with van der Waals surface area (Å²) in [6.07, 6.45) is 7.15. The van der Waals surface area contributed by atoms with E-state index >= 15 is 0 Å². The van der Waals surface area contributed by atoms with Crippen LogP contribution in [-0.4, -0.2) is 34.6 Å². The van der Waals surface area contributed by atoms with E-state index in [2.05, 4.69) is 97.4 Å². The van der Waals surface area contributed by atoms with Gasteiger partial charge in [0.25, 0.3) is 0 Å². The van der Waals surface area contributed by atoms with Crippen molar-refractivity contribution in [1.82, 2.24) is 14.5 Å². The summed E-state index contributed by atoms with van der Waals surface area (Å²) in [7, 11) is 0. The molecule has 4 aromatic rings. The van der Waals surface area contributed by atoms with Crippen molar-refractivity contribution in [2.24, 2.45) is 9.98 Å². The first-order chi connectivity index (χ1) is 17.9. The molecular formula is C32H43LaN6. The number of aromatic nitrogens is 3. The summed E-state index contributed by atoms with van der Waals surface area (Å²) >= 11 is 0. The van der Waals surface area contributed by atoms with Crippen molar-refractivity contribution in [3.63, 3.8) is 0 Å². The first-order valence-electron chi connectivity index (χ1n) is 13.0. The summed E-state index contributed by atoms with van der Waals surface area (Å²) in [4.78, 5) is 16.8. The number of hydrogen-bond acceptors (Lipinski definition) is 2. The van der Waals surface area contributed by atoms with Crippen LogP contribution in [0.3, 0.4) is 0 Å². The van der Waals surface area contributed by atoms with Crippen LogP contribution in [0.4, 0.5) is 5.69 Å². The zero-order valence-electron chi connectivity index (χ0n) is 24.8. The Morgan fingerprint density at radius 3 is 1.54 bits per heavy atom. The molecule has 39 heavy (non-hydrogen) atoms. The number of rotatable bonds is 6. The molecule has 0 aliphatic heterocycles. The summed E-state index contributed by atoms with van der Waals surface area (Å²) in [6, 6.07) is 22.1. The minimum Gasteiger partial charge on any atom is -0.683 e. The summed E-state index contributed by atoms with van der Waals surface area (Å²) in [5.41, 5.74) is 5.53. The Morgan fingerprint density at radius 1 is 0.692 bits per heavy atom. The largest absolute Gasteiger partial charge is 3.00 e. The van der Waals surface area contributed by atoms with E-state index in [9.17, 15) is 0 Å². The molecule has 0 unspecified atom stereocenters. The normalized spacial score (nSPS) is 11.4. The molecule has 0 saturated carbocycles. The molecule has 204 valence electrons. The molecule has 0 N–H and O–H groups in total. The van der Waals surface area contributed by atoms with Crippen molar-refractivity contribution in [2.45, 2.75) is 73.0 Å². The Bertz CT molecular complexity index is 1130. The molecule has 0 amide bonds.